The molecule has 0 unspecified atom stereocenters. The number of nitrogens with one attached hydrogen (secondary N) is 2. The van der Waals surface area contributed by atoms with E-state index >= 15 is 0 Å². The Bertz CT molecular complexity index is 1060. The van der Waals surface area contributed by atoms with Crippen LogP contribution in [0.2, 0.25) is 5.02 Å². The van der Waals surface area contributed by atoms with Crippen LogP contribution in [0.15, 0.2) is 53.4 Å². The Morgan fingerprint density at radius 2 is 1.57 bits per heavy atom. The van der Waals surface area contributed by atoms with Crippen molar-refractivity contribution in [2.75, 3.05) is 37.2 Å². The molecule has 1 heterocycles. The second-order valence-corrected chi connectivity index (χ2v) is 8.67. The third-order valence-corrected chi connectivity index (χ3v) is 5.61. The van der Waals surface area contributed by atoms with Crippen molar-refractivity contribution in [2.45, 2.75) is 11.3 Å². The van der Waals surface area contributed by atoms with E-state index in [-0.39, 0.29) is 10.7 Å². The summed E-state index contributed by atoms with van der Waals surface area (Å²) in [4.78, 5) is 11.2. The molecular formula is C19H22ClN5O2S. The van der Waals surface area contributed by atoms with Crippen LogP contribution in [0.25, 0.3) is 11.0 Å². The van der Waals surface area contributed by atoms with Crippen LogP contribution in [0.3, 0.4) is 0 Å². The van der Waals surface area contributed by atoms with Crippen LogP contribution in [-0.2, 0) is 10.0 Å². The Morgan fingerprint density at radius 3 is 2.18 bits per heavy atom. The number of para-hydroxylation sites is 2. The van der Waals surface area contributed by atoms with Gasteiger partial charge in [0.15, 0.2) is 11.6 Å². The summed E-state index contributed by atoms with van der Waals surface area (Å²) in [5, 5.41) is 3.66. The first-order chi connectivity index (χ1) is 13.3. The molecule has 0 aliphatic rings. The zero-order valence-electron chi connectivity index (χ0n) is 15.7. The maximum atomic E-state index is 12.8. The van der Waals surface area contributed by atoms with E-state index in [4.69, 9.17) is 11.6 Å². The standard InChI is InChI=1S/C19H22ClN5O2S/c1-25(2)13-5-12-21-18-19(23-17-7-4-3-6-16(17)22-18)24-28(26,27)15-10-8-14(20)9-11-15/h3-4,6-11H,5,12-13H2,1-2H3,(H,21,22)(H,23,24). The van der Waals surface area contributed by atoms with Crippen molar-refractivity contribution in [3.05, 3.63) is 53.6 Å². The predicted octanol–water partition coefficient (Wildman–Crippen LogP) is 3.45. The second-order valence-electron chi connectivity index (χ2n) is 6.55. The van der Waals surface area contributed by atoms with Gasteiger partial charge in [0.25, 0.3) is 10.0 Å². The fraction of sp³-hybridized carbons (Fsp3) is 0.263. The molecule has 0 saturated heterocycles. The number of nitrogens with zero attached hydrogens (tertiary/aromatic N) is 3. The van der Waals surface area contributed by atoms with Crippen molar-refractivity contribution >= 4 is 44.3 Å². The Kier molecular flexibility index (Phi) is 6.33. The van der Waals surface area contributed by atoms with Gasteiger partial charge in [-0.2, -0.15) is 0 Å². The molecule has 9 heteroatoms. The molecule has 3 aromatic rings. The van der Waals surface area contributed by atoms with Gasteiger partial charge >= 0.3 is 0 Å². The van der Waals surface area contributed by atoms with Gasteiger partial charge in [0.2, 0.25) is 0 Å². The normalized spacial score (nSPS) is 11.7. The molecule has 2 aromatic carbocycles. The summed E-state index contributed by atoms with van der Waals surface area (Å²) in [6.45, 7) is 1.54. The van der Waals surface area contributed by atoms with Gasteiger partial charge in [-0.3, -0.25) is 4.72 Å². The first-order valence-electron chi connectivity index (χ1n) is 8.79. The molecule has 0 amide bonds. The zero-order valence-corrected chi connectivity index (χ0v) is 17.3. The number of rotatable bonds is 8. The first kappa shape index (κ1) is 20.3. The van der Waals surface area contributed by atoms with Gasteiger partial charge in [-0.25, -0.2) is 18.4 Å². The lowest BCUT2D eigenvalue weighted by Gasteiger charge is -2.15. The number of hydrogen-bond donors (Lipinski definition) is 2. The first-order valence-corrected chi connectivity index (χ1v) is 10.6. The molecule has 0 atom stereocenters. The van der Waals surface area contributed by atoms with Gasteiger partial charge in [0.05, 0.1) is 15.9 Å². The lowest BCUT2D eigenvalue weighted by atomic mass is 10.3. The largest absolute Gasteiger partial charge is 0.367 e. The van der Waals surface area contributed by atoms with Gasteiger partial charge in [0.1, 0.15) is 0 Å². The number of halogens is 1. The Morgan fingerprint density at radius 1 is 0.964 bits per heavy atom. The van der Waals surface area contributed by atoms with Crippen LogP contribution in [0.1, 0.15) is 6.42 Å². The quantitative estimate of drug-likeness (QED) is 0.544. The third-order valence-electron chi connectivity index (χ3n) is 4.00. The van der Waals surface area contributed by atoms with Crippen LogP contribution >= 0.6 is 11.6 Å². The minimum absolute atomic E-state index is 0.102. The van der Waals surface area contributed by atoms with Gasteiger partial charge in [-0.1, -0.05) is 23.7 Å². The third kappa shape index (κ3) is 5.09. The summed E-state index contributed by atoms with van der Waals surface area (Å²) < 4.78 is 28.1. The van der Waals surface area contributed by atoms with Crippen LogP contribution in [0, 0.1) is 0 Å². The maximum absolute atomic E-state index is 12.8. The highest BCUT2D eigenvalue weighted by Gasteiger charge is 2.18. The monoisotopic (exact) mass is 419 g/mol. The van der Waals surface area contributed by atoms with Gasteiger partial charge in [-0.15, -0.1) is 0 Å². The molecule has 0 aliphatic carbocycles. The van der Waals surface area contributed by atoms with Crippen molar-refractivity contribution in [1.29, 1.82) is 0 Å². The topological polar surface area (TPSA) is 87.2 Å². The molecule has 0 saturated carbocycles. The van der Waals surface area contributed by atoms with E-state index in [0.29, 0.717) is 28.4 Å². The summed E-state index contributed by atoms with van der Waals surface area (Å²) in [6, 6.07) is 13.3. The van der Waals surface area contributed by atoms with E-state index in [1.807, 2.05) is 32.3 Å². The Labute approximate surface area is 169 Å². The van der Waals surface area contributed by atoms with E-state index in [0.717, 1.165) is 13.0 Å². The summed E-state index contributed by atoms with van der Waals surface area (Å²) in [6.07, 6.45) is 0.880. The molecule has 3 rings (SSSR count). The van der Waals surface area contributed by atoms with Crippen molar-refractivity contribution in [2.24, 2.45) is 0 Å². The molecule has 1 aromatic heterocycles. The SMILES string of the molecule is CN(C)CCCNc1nc2ccccc2nc1NS(=O)(=O)c1ccc(Cl)cc1. The minimum atomic E-state index is -3.82. The Balaban J connectivity index is 1.91. The van der Waals surface area contributed by atoms with Crippen molar-refractivity contribution in [1.82, 2.24) is 14.9 Å². The summed E-state index contributed by atoms with van der Waals surface area (Å²) in [5.74, 6) is 0.563. The van der Waals surface area contributed by atoms with Crippen molar-refractivity contribution in [3.63, 3.8) is 0 Å². The molecule has 0 spiro atoms. The molecule has 0 bridgehead atoms. The van der Waals surface area contributed by atoms with E-state index < -0.39 is 10.0 Å². The smallest absolute Gasteiger partial charge is 0.263 e. The van der Waals surface area contributed by atoms with Crippen LogP contribution < -0.4 is 10.0 Å². The second kappa shape index (κ2) is 8.72. The van der Waals surface area contributed by atoms with E-state index in [2.05, 4.69) is 24.9 Å². The number of sulfonamides is 1. The van der Waals surface area contributed by atoms with E-state index in [9.17, 15) is 8.42 Å². The van der Waals surface area contributed by atoms with Gasteiger partial charge in [-0.05, 0) is 63.5 Å². The van der Waals surface area contributed by atoms with Crippen molar-refractivity contribution in [3.8, 4) is 0 Å². The lowest BCUT2D eigenvalue weighted by Crippen LogP contribution is -2.19. The van der Waals surface area contributed by atoms with E-state index in [1.165, 1.54) is 24.3 Å². The Hall–Kier alpha value is -2.42. The summed E-state index contributed by atoms with van der Waals surface area (Å²) in [7, 11) is 0.178. The molecule has 0 radical (unpaired) electrons. The van der Waals surface area contributed by atoms with Crippen LogP contribution in [-0.4, -0.2) is 50.5 Å². The molecule has 0 aliphatic heterocycles. The number of benzene rings is 2. The predicted molar refractivity (Wildman–Crippen MR) is 113 cm³/mol. The van der Waals surface area contributed by atoms with Crippen LogP contribution in [0.5, 0.6) is 0 Å². The number of fused-ring (bicyclic) bond motifs is 1. The number of anilines is 2. The fourth-order valence-corrected chi connectivity index (χ4v) is 3.73. The number of hydrogen-bond acceptors (Lipinski definition) is 6. The highest BCUT2D eigenvalue weighted by atomic mass is 35.5. The fourth-order valence-electron chi connectivity index (χ4n) is 2.60. The van der Waals surface area contributed by atoms with E-state index in [1.54, 1.807) is 6.07 Å². The molecule has 148 valence electrons. The van der Waals surface area contributed by atoms with Crippen molar-refractivity contribution < 1.29 is 8.42 Å². The highest BCUT2D eigenvalue weighted by molar-refractivity contribution is 7.92. The van der Waals surface area contributed by atoms with Gasteiger partial charge < -0.3 is 10.2 Å². The zero-order chi connectivity index (χ0) is 20.1. The van der Waals surface area contributed by atoms with Gasteiger partial charge in [0, 0.05) is 11.6 Å². The maximum Gasteiger partial charge on any atom is 0.263 e. The average molecular weight is 420 g/mol. The molecule has 0 fully saturated rings. The highest BCUT2D eigenvalue weighted by Crippen LogP contribution is 2.24. The molecule has 2 N–H and O–H groups in total. The lowest BCUT2D eigenvalue weighted by molar-refractivity contribution is 0.405. The molecule has 7 nitrogen and oxygen atoms in total. The number of aromatic nitrogens is 2. The van der Waals surface area contributed by atoms with Crippen LogP contribution in [0.4, 0.5) is 11.6 Å². The molecular weight excluding hydrogens is 398 g/mol. The summed E-state index contributed by atoms with van der Waals surface area (Å²) in [5.41, 5.74) is 1.29. The molecule has 28 heavy (non-hydrogen) atoms. The summed E-state index contributed by atoms with van der Waals surface area (Å²) >= 11 is 5.85. The minimum Gasteiger partial charge on any atom is -0.367 e. The average Bonchev–Trinajstić information content (AvgIpc) is 2.65.